The zero-order valence-corrected chi connectivity index (χ0v) is 11.2. The van der Waals surface area contributed by atoms with Gasteiger partial charge in [0.1, 0.15) is 11.4 Å². The third kappa shape index (κ3) is 1.82. The number of fused-ring (bicyclic) bond motifs is 1. The van der Waals surface area contributed by atoms with Gasteiger partial charge in [0.25, 0.3) is 0 Å². The summed E-state index contributed by atoms with van der Waals surface area (Å²) in [6.45, 7) is 0. The molecule has 1 aromatic carbocycles. The Hall–Kier alpha value is -1.36. The van der Waals surface area contributed by atoms with E-state index in [1.165, 1.54) is 17.4 Å². The molecule has 0 radical (unpaired) electrons. The lowest BCUT2D eigenvalue weighted by Crippen LogP contribution is -1.89. The monoisotopic (exact) mass is 296 g/mol. The fourth-order valence-corrected chi connectivity index (χ4v) is 2.96. The third-order valence-corrected chi connectivity index (χ3v) is 4.09. The van der Waals surface area contributed by atoms with Crippen LogP contribution in [0.3, 0.4) is 0 Å². The number of hydrogen-bond acceptors (Lipinski definition) is 4. The second-order valence-electron chi connectivity index (χ2n) is 3.66. The highest BCUT2D eigenvalue weighted by atomic mass is 35.5. The van der Waals surface area contributed by atoms with Crippen LogP contribution in [0.25, 0.3) is 21.3 Å². The fourth-order valence-electron chi connectivity index (χ4n) is 1.75. The summed E-state index contributed by atoms with van der Waals surface area (Å²) < 4.78 is 0.857. The zero-order valence-electron chi connectivity index (χ0n) is 8.89. The number of rotatable bonds is 1. The summed E-state index contributed by atoms with van der Waals surface area (Å²) in [6.07, 6.45) is 0. The molecule has 0 amide bonds. The number of thiophene rings is 1. The summed E-state index contributed by atoms with van der Waals surface area (Å²) in [5, 5.41) is 21.5. The molecule has 2 aromatic heterocycles. The van der Waals surface area contributed by atoms with E-state index in [0.29, 0.717) is 21.4 Å². The lowest BCUT2D eigenvalue weighted by atomic mass is 10.1. The lowest BCUT2D eigenvalue weighted by Gasteiger charge is -2.05. The van der Waals surface area contributed by atoms with Gasteiger partial charge in [0, 0.05) is 16.0 Å². The molecule has 90 valence electrons. The van der Waals surface area contributed by atoms with Gasteiger partial charge in [-0.15, -0.1) is 21.5 Å². The predicted molar refractivity (Wildman–Crippen MR) is 74.5 cm³/mol. The van der Waals surface area contributed by atoms with Gasteiger partial charge in [-0.25, -0.2) is 0 Å². The normalized spacial score (nSPS) is 11.0. The van der Waals surface area contributed by atoms with Crippen LogP contribution in [-0.2, 0) is 0 Å². The SMILES string of the molecule is Oc1cc(Cl)ccc1-c1nnc(Cl)c2sccc12. The van der Waals surface area contributed by atoms with Crippen molar-refractivity contribution in [3.05, 3.63) is 39.8 Å². The maximum atomic E-state index is 9.93. The first kappa shape index (κ1) is 11.7. The second-order valence-corrected chi connectivity index (χ2v) is 5.37. The van der Waals surface area contributed by atoms with Crippen molar-refractivity contribution >= 4 is 44.6 Å². The van der Waals surface area contributed by atoms with Crippen molar-refractivity contribution in [1.29, 1.82) is 0 Å². The predicted octanol–water partition coefficient (Wildman–Crippen LogP) is 4.37. The Kier molecular flexibility index (Phi) is 2.86. The van der Waals surface area contributed by atoms with E-state index in [9.17, 15) is 5.11 Å². The molecule has 0 atom stereocenters. The van der Waals surface area contributed by atoms with Crippen LogP contribution >= 0.6 is 34.5 Å². The van der Waals surface area contributed by atoms with Crippen molar-refractivity contribution in [3.8, 4) is 17.0 Å². The van der Waals surface area contributed by atoms with E-state index in [2.05, 4.69) is 10.2 Å². The van der Waals surface area contributed by atoms with E-state index in [4.69, 9.17) is 23.2 Å². The standard InChI is InChI=1S/C12H6Cl2N2OS/c13-6-1-2-7(9(17)5-6)10-8-3-4-18-11(8)12(14)16-15-10/h1-5,17H. The van der Waals surface area contributed by atoms with Gasteiger partial charge in [-0.2, -0.15) is 0 Å². The maximum absolute atomic E-state index is 9.93. The van der Waals surface area contributed by atoms with E-state index in [-0.39, 0.29) is 5.75 Å². The summed E-state index contributed by atoms with van der Waals surface area (Å²) >= 11 is 13.3. The smallest absolute Gasteiger partial charge is 0.169 e. The topological polar surface area (TPSA) is 46.0 Å². The quantitative estimate of drug-likeness (QED) is 0.725. The minimum Gasteiger partial charge on any atom is -0.507 e. The average Bonchev–Trinajstić information content (AvgIpc) is 2.81. The number of benzene rings is 1. The van der Waals surface area contributed by atoms with Crippen LogP contribution in [0.2, 0.25) is 10.2 Å². The highest BCUT2D eigenvalue weighted by Crippen LogP contribution is 2.37. The van der Waals surface area contributed by atoms with Gasteiger partial charge < -0.3 is 5.11 Å². The summed E-state index contributed by atoms with van der Waals surface area (Å²) in [4.78, 5) is 0. The van der Waals surface area contributed by atoms with Crippen molar-refractivity contribution in [1.82, 2.24) is 10.2 Å². The van der Waals surface area contributed by atoms with E-state index >= 15 is 0 Å². The molecule has 0 spiro atoms. The molecule has 3 aromatic rings. The van der Waals surface area contributed by atoms with Crippen molar-refractivity contribution in [2.24, 2.45) is 0 Å². The number of phenolic OH excluding ortho intramolecular Hbond substituents is 1. The molecular weight excluding hydrogens is 291 g/mol. The second kappa shape index (κ2) is 4.39. The minimum atomic E-state index is 0.0756. The van der Waals surface area contributed by atoms with Crippen LogP contribution in [0.1, 0.15) is 0 Å². The van der Waals surface area contributed by atoms with Gasteiger partial charge in [-0.1, -0.05) is 23.2 Å². The highest BCUT2D eigenvalue weighted by molar-refractivity contribution is 7.17. The number of halogens is 2. The fraction of sp³-hybridized carbons (Fsp3) is 0. The molecule has 18 heavy (non-hydrogen) atoms. The summed E-state index contributed by atoms with van der Waals surface area (Å²) in [7, 11) is 0. The van der Waals surface area contributed by atoms with E-state index in [1.807, 2.05) is 11.4 Å². The van der Waals surface area contributed by atoms with Crippen LogP contribution in [-0.4, -0.2) is 15.3 Å². The largest absolute Gasteiger partial charge is 0.507 e. The first-order chi connectivity index (χ1) is 8.66. The van der Waals surface area contributed by atoms with Gasteiger partial charge in [-0.05, 0) is 29.6 Å². The van der Waals surface area contributed by atoms with Gasteiger partial charge in [0.2, 0.25) is 0 Å². The number of aromatic nitrogens is 2. The van der Waals surface area contributed by atoms with Crippen LogP contribution in [0.15, 0.2) is 29.6 Å². The van der Waals surface area contributed by atoms with Gasteiger partial charge in [-0.3, -0.25) is 0 Å². The first-order valence-electron chi connectivity index (χ1n) is 5.05. The Morgan fingerprint density at radius 3 is 2.72 bits per heavy atom. The molecule has 0 saturated heterocycles. The number of phenols is 1. The molecule has 0 fully saturated rings. The molecule has 6 heteroatoms. The Labute approximate surface area is 117 Å². The zero-order chi connectivity index (χ0) is 12.7. The molecule has 1 N–H and O–H groups in total. The maximum Gasteiger partial charge on any atom is 0.169 e. The van der Waals surface area contributed by atoms with Crippen LogP contribution < -0.4 is 0 Å². The van der Waals surface area contributed by atoms with E-state index in [1.54, 1.807) is 12.1 Å². The lowest BCUT2D eigenvalue weighted by molar-refractivity contribution is 0.477. The van der Waals surface area contributed by atoms with Gasteiger partial charge in [0.15, 0.2) is 5.15 Å². The molecule has 0 aliphatic carbocycles. The summed E-state index contributed by atoms with van der Waals surface area (Å²) in [5.74, 6) is 0.0756. The molecule has 0 bridgehead atoms. The van der Waals surface area contributed by atoms with Crippen molar-refractivity contribution in [3.63, 3.8) is 0 Å². The van der Waals surface area contributed by atoms with Crippen molar-refractivity contribution < 1.29 is 5.11 Å². The molecule has 3 nitrogen and oxygen atoms in total. The molecular formula is C12H6Cl2N2OS. The Bertz CT molecular complexity index is 742. The van der Waals surface area contributed by atoms with Gasteiger partial charge in [0.05, 0.1) is 4.70 Å². The van der Waals surface area contributed by atoms with E-state index in [0.717, 1.165) is 10.1 Å². The molecule has 0 aliphatic rings. The number of aromatic hydroxyl groups is 1. The molecule has 0 unspecified atom stereocenters. The Morgan fingerprint density at radius 2 is 1.94 bits per heavy atom. The Morgan fingerprint density at radius 1 is 1.11 bits per heavy atom. The highest BCUT2D eigenvalue weighted by Gasteiger charge is 2.14. The van der Waals surface area contributed by atoms with Crippen molar-refractivity contribution in [2.45, 2.75) is 0 Å². The molecule has 0 aliphatic heterocycles. The third-order valence-electron chi connectivity index (χ3n) is 2.56. The van der Waals surface area contributed by atoms with Crippen LogP contribution in [0.4, 0.5) is 0 Å². The van der Waals surface area contributed by atoms with Crippen LogP contribution in [0, 0.1) is 0 Å². The number of hydrogen-bond donors (Lipinski definition) is 1. The molecule has 0 saturated carbocycles. The van der Waals surface area contributed by atoms with Crippen LogP contribution in [0.5, 0.6) is 5.75 Å². The molecule has 2 heterocycles. The van der Waals surface area contributed by atoms with E-state index < -0.39 is 0 Å². The molecule has 3 rings (SSSR count). The average molecular weight is 297 g/mol. The minimum absolute atomic E-state index is 0.0756. The Balaban J connectivity index is 2.32. The summed E-state index contributed by atoms with van der Waals surface area (Å²) in [5.41, 5.74) is 1.19. The van der Waals surface area contributed by atoms with Gasteiger partial charge >= 0.3 is 0 Å². The first-order valence-corrected chi connectivity index (χ1v) is 6.68. The number of nitrogens with zero attached hydrogens (tertiary/aromatic N) is 2. The van der Waals surface area contributed by atoms with Crippen molar-refractivity contribution in [2.75, 3.05) is 0 Å². The summed E-state index contributed by atoms with van der Waals surface area (Å²) in [6, 6.07) is 6.80.